The van der Waals surface area contributed by atoms with Gasteiger partial charge >= 0.3 is 6.09 Å². The molecule has 1 amide bonds. The normalized spacial score (nSPS) is 23.3. The highest BCUT2D eigenvalue weighted by Crippen LogP contribution is 2.23. The molecule has 0 saturated carbocycles. The molecule has 1 aromatic rings. The zero-order valence-corrected chi connectivity index (χ0v) is 10.8. The molecule has 5 nitrogen and oxygen atoms in total. The summed E-state index contributed by atoms with van der Waals surface area (Å²) >= 11 is 0. The molecule has 1 N–H and O–H groups in total. The first-order chi connectivity index (χ1) is 9.33. The Morgan fingerprint density at radius 1 is 1.32 bits per heavy atom. The molecule has 2 heterocycles. The molecular weight excluding hydrogens is 244 g/mol. The van der Waals surface area contributed by atoms with Crippen LogP contribution < -0.4 is 10.2 Å². The quantitative estimate of drug-likeness (QED) is 0.907. The summed E-state index contributed by atoms with van der Waals surface area (Å²) in [5.74, 6) is 0. The van der Waals surface area contributed by atoms with Gasteiger partial charge in [-0.05, 0) is 31.0 Å². The molecule has 102 valence electrons. The summed E-state index contributed by atoms with van der Waals surface area (Å²) in [7, 11) is 0. The second-order valence-electron chi connectivity index (χ2n) is 4.87. The number of anilines is 2. The monoisotopic (exact) mass is 262 g/mol. The molecule has 0 bridgehead atoms. The highest BCUT2D eigenvalue weighted by molar-refractivity contribution is 5.89. The topological polar surface area (TPSA) is 50.8 Å². The summed E-state index contributed by atoms with van der Waals surface area (Å²) in [5.41, 5.74) is 1.90. The van der Waals surface area contributed by atoms with Gasteiger partial charge in [0.1, 0.15) is 6.61 Å². The van der Waals surface area contributed by atoms with Crippen LogP contribution in [0.3, 0.4) is 0 Å². The fourth-order valence-electron chi connectivity index (χ4n) is 2.48. The van der Waals surface area contributed by atoms with E-state index in [0.717, 1.165) is 37.4 Å². The number of carbonyl (C=O) groups is 1. The van der Waals surface area contributed by atoms with E-state index in [4.69, 9.17) is 9.47 Å². The largest absolute Gasteiger partial charge is 0.447 e. The van der Waals surface area contributed by atoms with Crippen molar-refractivity contribution in [2.75, 3.05) is 36.6 Å². The number of cyclic esters (lactones) is 1. The number of benzene rings is 1. The third kappa shape index (κ3) is 2.81. The highest BCUT2D eigenvalue weighted by Gasteiger charge is 2.23. The van der Waals surface area contributed by atoms with Crippen LogP contribution in [-0.2, 0) is 9.47 Å². The predicted octanol–water partition coefficient (Wildman–Crippen LogP) is 2.23. The van der Waals surface area contributed by atoms with E-state index in [1.807, 2.05) is 24.3 Å². The molecule has 1 unspecified atom stereocenters. The Bertz CT molecular complexity index is 458. The standard InChI is InChI=1S/C14H18N2O3/c17-14-16(6-8-19-14)13-5-1-3-11(9-13)15-12-4-2-7-18-10-12/h1,3,5,9,12,15H,2,4,6-8,10H2. The first kappa shape index (κ1) is 12.3. The molecule has 1 atom stereocenters. The van der Waals surface area contributed by atoms with E-state index in [-0.39, 0.29) is 6.09 Å². The maximum absolute atomic E-state index is 11.5. The number of amides is 1. The van der Waals surface area contributed by atoms with E-state index in [2.05, 4.69) is 5.32 Å². The second-order valence-corrected chi connectivity index (χ2v) is 4.87. The van der Waals surface area contributed by atoms with Gasteiger partial charge in [0.15, 0.2) is 0 Å². The molecule has 0 aromatic heterocycles. The fourth-order valence-corrected chi connectivity index (χ4v) is 2.48. The molecule has 2 aliphatic heterocycles. The van der Waals surface area contributed by atoms with Gasteiger partial charge < -0.3 is 14.8 Å². The molecular formula is C14H18N2O3. The van der Waals surface area contributed by atoms with Crippen LogP contribution in [0.1, 0.15) is 12.8 Å². The van der Waals surface area contributed by atoms with Crippen LogP contribution in [0.15, 0.2) is 24.3 Å². The van der Waals surface area contributed by atoms with Gasteiger partial charge in [-0.1, -0.05) is 6.07 Å². The maximum Gasteiger partial charge on any atom is 0.414 e. The third-order valence-electron chi connectivity index (χ3n) is 3.45. The van der Waals surface area contributed by atoms with Crippen molar-refractivity contribution in [1.82, 2.24) is 0 Å². The van der Waals surface area contributed by atoms with Crippen molar-refractivity contribution in [2.45, 2.75) is 18.9 Å². The van der Waals surface area contributed by atoms with Gasteiger partial charge in [0.05, 0.1) is 13.2 Å². The zero-order chi connectivity index (χ0) is 13.1. The average Bonchev–Trinajstić information content (AvgIpc) is 2.86. The smallest absolute Gasteiger partial charge is 0.414 e. The Labute approximate surface area is 112 Å². The van der Waals surface area contributed by atoms with Crippen LogP contribution in [0.4, 0.5) is 16.2 Å². The number of carbonyl (C=O) groups excluding carboxylic acids is 1. The van der Waals surface area contributed by atoms with Crippen LogP contribution in [0.25, 0.3) is 0 Å². The van der Waals surface area contributed by atoms with Crippen LogP contribution in [0, 0.1) is 0 Å². The summed E-state index contributed by atoms with van der Waals surface area (Å²) in [5, 5.41) is 3.46. The van der Waals surface area contributed by atoms with Crippen LogP contribution in [-0.4, -0.2) is 38.5 Å². The summed E-state index contributed by atoms with van der Waals surface area (Å²) in [6, 6.07) is 8.23. The van der Waals surface area contributed by atoms with Gasteiger partial charge in [-0.2, -0.15) is 0 Å². The Balaban J connectivity index is 1.70. The molecule has 0 radical (unpaired) electrons. The Hall–Kier alpha value is -1.75. The van der Waals surface area contributed by atoms with E-state index in [1.54, 1.807) is 4.90 Å². The lowest BCUT2D eigenvalue weighted by Gasteiger charge is -2.24. The lowest BCUT2D eigenvalue weighted by Crippen LogP contribution is -2.30. The van der Waals surface area contributed by atoms with E-state index < -0.39 is 0 Å². The van der Waals surface area contributed by atoms with Gasteiger partial charge in [0, 0.05) is 24.0 Å². The minimum atomic E-state index is -0.266. The predicted molar refractivity (Wildman–Crippen MR) is 72.6 cm³/mol. The van der Waals surface area contributed by atoms with Crippen molar-refractivity contribution in [3.05, 3.63) is 24.3 Å². The Kier molecular flexibility index (Phi) is 3.55. The molecule has 2 fully saturated rings. The SMILES string of the molecule is O=C1OCCN1c1cccc(NC2CCCOC2)c1. The number of nitrogens with one attached hydrogen (secondary N) is 1. The lowest BCUT2D eigenvalue weighted by molar-refractivity contribution is 0.0876. The molecule has 0 spiro atoms. The van der Waals surface area contributed by atoms with Crippen LogP contribution in [0.5, 0.6) is 0 Å². The van der Waals surface area contributed by atoms with Gasteiger partial charge in [-0.15, -0.1) is 0 Å². The van der Waals surface area contributed by atoms with Crippen molar-refractivity contribution in [3.63, 3.8) is 0 Å². The molecule has 3 rings (SSSR count). The molecule has 19 heavy (non-hydrogen) atoms. The van der Waals surface area contributed by atoms with Gasteiger partial charge in [-0.3, -0.25) is 4.90 Å². The molecule has 1 aromatic carbocycles. The number of nitrogens with zero attached hydrogens (tertiary/aromatic N) is 1. The highest BCUT2D eigenvalue weighted by atomic mass is 16.6. The van der Waals surface area contributed by atoms with E-state index in [0.29, 0.717) is 19.2 Å². The minimum Gasteiger partial charge on any atom is -0.447 e. The Morgan fingerprint density at radius 3 is 3.00 bits per heavy atom. The van der Waals surface area contributed by atoms with Gasteiger partial charge in [-0.25, -0.2) is 4.79 Å². The van der Waals surface area contributed by atoms with Gasteiger partial charge in [0.2, 0.25) is 0 Å². The second kappa shape index (κ2) is 5.48. The van der Waals surface area contributed by atoms with Crippen LogP contribution in [0.2, 0.25) is 0 Å². The molecule has 5 heteroatoms. The van der Waals surface area contributed by atoms with Crippen molar-refractivity contribution >= 4 is 17.5 Å². The molecule has 2 aliphatic rings. The summed E-state index contributed by atoms with van der Waals surface area (Å²) in [6.45, 7) is 2.69. The van der Waals surface area contributed by atoms with E-state index in [9.17, 15) is 4.79 Å². The van der Waals surface area contributed by atoms with E-state index >= 15 is 0 Å². The number of ether oxygens (including phenoxy) is 2. The first-order valence-electron chi connectivity index (χ1n) is 6.71. The first-order valence-corrected chi connectivity index (χ1v) is 6.71. The molecule has 2 saturated heterocycles. The van der Waals surface area contributed by atoms with Crippen molar-refractivity contribution < 1.29 is 14.3 Å². The van der Waals surface area contributed by atoms with Crippen molar-refractivity contribution in [3.8, 4) is 0 Å². The van der Waals surface area contributed by atoms with Crippen LogP contribution >= 0.6 is 0 Å². The van der Waals surface area contributed by atoms with Crippen molar-refractivity contribution in [1.29, 1.82) is 0 Å². The van der Waals surface area contributed by atoms with E-state index in [1.165, 1.54) is 0 Å². The fraction of sp³-hybridized carbons (Fsp3) is 0.500. The number of hydrogen-bond donors (Lipinski definition) is 1. The maximum atomic E-state index is 11.5. The number of hydrogen-bond acceptors (Lipinski definition) is 4. The lowest BCUT2D eigenvalue weighted by atomic mass is 10.1. The zero-order valence-electron chi connectivity index (χ0n) is 10.8. The average molecular weight is 262 g/mol. The van der Waals surface area contributed by atoms with Crippen molar-refractivity contribution in [2.24, 2.45) is 0 Å². The summed E-state index contributed by atoms with van der Waals surface area (Å²) < 4.78 is 10.4. The minimum absolute atomic E-state index is 0.266. The number of rotatable bonds is 3. The molecule has 0 aliphatic carbocycles. The third-order valence-corrected chi connectivity index (χ3v) is 3.45. The summed E-state index contributed by atoms with van der Waals surface area (Å²) in [4.78, 5) is 13.2. The van der Waals surface area contributed by atoms with Gasteiger partial charge in [0.25, 0.3) is 0 Å². The Morgan fingerprint density at radius 2 is 2.26 bits per heavy atom. The summed E-state index contributed by atoms with van der Waals surface area (Å²) in [6.07, 6.45) is 1.95.